The molecule has 0 aromatic heterocycles. The average Bonchev–Trinajstić information content (AvgIpc) is 2.67. The molecule has 3 aromatic carbocycles. The summed E-state index contributed by atoms with van der Waals surface area (Å²) in [6, 6.07) is 23.7. The van der Waals surface area contributed by atoms with Crippen molar-refractivity contribution in [3.8, 4) is 0 Å². The third-order valence-electron chi connectivity index (χ3n) is 4.30. The lowest BCUT2D eigenvalue weighted by molar-refractivity contribution is 0.101. The van der Waals surface area contributed by atoms with E-state index in [0.717, 1.165) is 21.9 Å². The van der Waals surface area contributed by atoms with Crippen LogP contribution in [0.2, 0.25) is 0 Å². The second-order valence-corrected chi connectivity index (χ2v) is 5.87. The van der Waals surface area contributed by atoms with Gasteiger partial charge < -0.3 is 4.74 Å². The van der Waals surface area contributed by atoms with Gasteiger partial charge in [-0.15, -0.1) is 0 Å². The minimum Gasteiger partial charge on any atom is -0.444 e. The van der Waals surface area contributed by atoms with Crippen molar-refractivity contribution in [2.24, 2.45) is 0 Å². The van der Waals surface area contributed by atoms with Crippen LogP contribution in [0.4, 0.5) is 4.79 Å². The molecule has 0 radical (unpaired) electrons. The molecule has 0 unspecified atom stereocenters. The summed E-state index contributed by atoms with van der Waals surface area (Å²) in [5, 5.41) is 2.27. The van der Waals surface area contributed by atoms with Crippen LogP contribution in [-0.2, 0) is 11.3 Å². The third-order valence-corrected chi connectivity index (χ3v) is 4.30. The minimum absolute atomic E-state index is 0.174. The van der Waals surface area contributed by atoms with Crippen LogP contribution in [0, 0.1) is 0 Å². The van der Waals surface area contributed by atoms with Crippen molar-refractivity contribution in [1.29, 1.82) is 0 Å². The van der Waals surface area contributed by atoms with Crippen LogP contribution in [-0.4, -0.2) is 11.0 Å². The van der Waals surface area contributed by atoms with E-state index in [1.165, 1.54) is 11.1 Å². The highest BCUT2D eigenvalue weighted by Gasteiger charge is 2.21. The Bertz CT molecular complexity index is 868. The molecule has 1 amide bonds. The van der Waals surface area contributed by atoms with Crippen molar-refractivity contribution in [2.75, 3.05) is 0 Å². The number of nitrogens with zero attached hydrogens (tertiary/aromatic N) is 1. The van der Waals surface area contributed by atoms with Crippen molar-refractivity contribution >= 4 is 16.9 Å². The molecule has 0 saturated carbocycles. The van der Waals surface area contributed by atoms with E-state index in [2.05, 4.69) is 24.8 Å². The fourth-order valence-corrected chi connectivity index (χ4v) is 2.95. The summed E-state index contributed by atoms with van der Waals surface area (Å²) in [7, 11) is 0. The fraction of sp³-hybridized carbons (Fsp3) is 0.136. The van der Waals surface area contributed by atoms with Gasteiger partial charge in [0.1, 0.15) is 6.61 Å². The van der Waals surface area contributed by atoms with Gasteiger partial charge in [0.15, 0.2) is 0 Å². The van der Waals surface area contributed by atoms with Crippen molar-refractivity contribution in [2.45, 2.75) is 19.6 Å². The van der Waals surface area contributed by atoms with E-state index in [0.29, 0.717) is 0 Å². The Morgan fingerprint density at radius 3 is 2.48 bits per heavy atom. The molecule has 0 N–H and O–H groups in total. The molecule has 3 rings (SSSR count). The number of ether oxygens (including phenoxy) is 1. The Hall–Kier alpha value is -3.07. The maximum Gasteiger partial charge on any atom is 0.414 e. The summed E-state index contributed by atoms with van der Waals surface area (Å²) in [6.07, 6.45) is 1.12. The van der Waals surface area contributed by atoms with Crippen molar-refractivity contribution < 1.29 is 9.53 Å². The van der Waals surface area contributed by atoms with E-state index < -0.39 is 6.09 Å². The quantitative estimate of drug-likeness (QED) is 0.601. The van der Waals surface area contributed by atoms with Gasteiger partial charge in [0.2, 0.25) is 0 Å². The summed E-state index contributed by atoms with van der Waals surface area (Å²) >= 11 is 0. The van der Waals surface area contributed by atoms with Gasteiger partial charge in [-0.25, -0.2) is 4.79 Å². The lowest BCUT2D eigenvalue weighted by Gasteiger charge is -2.26. The second kappa shape index (κ2) is 7.67. The van der Waals surface area contributed by atoms with Crippen LogP contribution >= 0.6 is 0 Å². The highest BCUT2D eigenvalue weighted by atomic mass is 16.6. The summed E-state index contributed by atoms with van der Waals surface area (Å²) in [4.78, 5) is 14.1. The first-order valence-electron chi connectivity index (χ1n) is 8.30. The molecule has 0 aliphatic carbocycles. The zero-order valence-corrected chi connectivity index (χ0v) is 14.3. The number of amides is 1. The lowest BCUT2D eigenvalue weighted by atomic mass is 9.99. The Labute approximate surface area is 148 Å². The highest BCUT2D eigenvalue weighted by molar-refractivity contribution is 5.86. The van der Waals surface area contributed by atoms with Gasteiger partial charge in [-0.05, 0) is 28.8 Å². The Morgan fingerprint density at radius 1 is 1.04 bits per heavy atom. The van der Waals surface area contributed by atoms with Gasteiger partial charge in [-0.1, -0.05) is 79.4 Å². The van der Waals surface area contributed by atoms with E-state index in [1.807, 2.05) is 61.5 Å². The predicted octanol–water partition coefficient (Wildman–Crippen LogP) is 5.68. The van der Waals surface area contributed by atoms with Crippen LogP contribution < -0.4 is 0 Å². The Balaban J connectivity index is 1.79. The molecule has 0 heterocycles. The minimum atomic E-state index is -0.403. The zero-order chi connectivity index (χ0) is 17.6. The van der Waals surface area contributed by atoms with Gasteiger partial charge in [-0.3, -0.25) is 4.90 Å². The number of hydrogen-bond donors (Lipinski definition) is 0. The van der Waals surface area contributed by atoms with E-state index >= 15 is 0 Å². The second-order valence-electron chi connectivity index (χ2n) is 5.87. The number of benzene rings is 3. The molecule has 126 valence electrons. The molecule has 0 fully saturated rings. The summed E-state index contributed by atoms with van der Waals surface area (Å²) in [5.74, 6) is 0. The molecule has 1 atom stereocenters. The molecule has 0 spiro atoms. The van der Waals surface area contributed by atoms with Crippen LogP contribution in [0.3, 0.4) is 0 Å². The Kier molecular flexibility index (Phi) is 5.14. The molecule has 3 heteroatoms. The summed E-state index contributed by atoms with van der Waals surface area (Å²) in [5.41, 5.74) is 2.02. The van der Waals surface area contributed by atoms with Crippen molar-refractivity contribution in [1.82, 2.24) is 4.90 Å². The maximum atomic E-state index is 12.5. The van der Waals surface area contributed by atoms with Crippen molar-refractivity contribution in [3.05, 3.63) is 96.7 Å². The molecule has 25 heavy (non-hydrogen) atoms. The molecule has 3 nitrogen and oxygen atoms in total. The average molecular weight is 331 g/mol. The lowest BCUT2D eigenvalue weighted by Crippen LogP contribution is -2.29. The SMILES string of the molecule is C=CN(C(=O)OCc1ccccc1)[C@@H](C)c1cccc2ccccc12. The van der Waals surface area contributed by atoms with E-state index in [9.17, 15) is 4.79 Å². The van der Waals surface area contributed by atoms with E-state index in [4.69, 9.17) is 4.74 Å². The number of fused-ring (bicyclic) bond motifs is 1. The van der Waals surface area contributed by atoms with Gasteiger partial charge in [0.25, 0.3) is 0 Å². The van der Waals surface area contributed by atoms with Gasteiger partial charge in [-0.2, -0.15) is 0 Å². The highest BCUT2D eigenvalue weighted by Crippen LogP contribution is 2.28. The first kappa shape index (κ1) is 16.8. The predicted molar refractivity (Wildman–Crippen MR) is 101 cm³/mol. The fourth-order valence-electron chi connectivity index (χ4n) is 2.95. The third kappa shape index (κ3) is 3.72. The first-order valence-corrected chi connectivity index (χ1v) is 8.30. The smallest absolute Gasteiger partial charge is 0.414 e. The monoisotopic (exact) mass is 331 g/mol. The van der Waals surface area contributed by atoms with Crippen LogP contribution in [0.25, 0.3) is 10.8 Å². The van der Waals surface area contributed by atoms with E-state index in [1.54, 1.807) is 0 Å². The Morgan fingerprint density at radius 2 is 1.72 bits per heavy atom. The topological polar surface area (TPSA) is 29.5 Å². The van der Waals surface area contributed by atoms with Gasteiger partial charge in [0, 0.05) is 6.20 Å². The normalized spacial score (nSPS) is 11.7. The number of carbonyl (C=O) groups is 1. The van der Waals surface area contributed by atoms with Crippen LogP contribution in [0.5, 0.6) is 0 Å². The van der Waals surface area contributed by atoms with Crippen LogP contribution in [0.1, 0.15) is 24.1 Å². The van der Waals surface area contributed by atoms with Gasteiger partial charge in [0.05, 0.1) is 6.04 Å². The van der Waals surface area contributed by atoms with Crippen molar-refractivity contribution in [3.63, 3.8) is 0 Å². The van der Waals surface area contributed by atoms with E-state index in [-0.39, 0.29) is 12.6 Å². The molecule has 0 aliphatic heterocycles. The molecular formula is C22H21NO2. The maximum absolute atomic E-state index is 12.5. The zero-order valence-electron chi connectivity index (χ0n) is 14.3. The number of carbonyl (C=O) groups excluding carboxylic acids is 1. The van der Waals surface area contributed by atoms with Gasteiger partial charge >= 0.3 is 6.09 Å². The molecular weight excluding hydrogens is 310 g/mol. The standard InChI is InChI=1S/C22H21NO2/c1-3-23(22(24)25-16-18-10-5-4-6-11-18)17(2)20-15-9-13-19-12-7-8-14-21(19)20/h3-15,17H,1,16H2,2H3/t17-/m0/s1. The molecule has 0 aliphatic rings. The summed E-state index contributed by atoms with van der Waals surface area (Å²) in [6.45, 7) is 6.01. The molecule has 0 bridgehead atoms. The molecule has 0 saturated heterocycles. The van der Waals surface area contributed by atoms with Crippen LogP contribution in [0.15, 0.2) is 85.6 Å². The molecule has 3 aromatic rings. The number of hydrogen-bond acceptors (Lipinski definition) is 2. The first-order chi connectivity index (χ1) is 12.2. The largest absolute Gasteiger partial charge is 0.444 e. The summed E-state index contributed by atoms with van der Waals surface area (Å²) < 4.78 is 5.45. The number of rotatable bonds is 5.